The molecule has 2 rings (SSSR count). The van der Waals surface area contributed by atoms with Crippen molar-refractivity contribution in [2.75, 3.05) is 21.3 Å². The monoisotopic (exact) mass is 549 g/mol. The van der Waals surface area contributed by atoms with E-state index in [4.69, 9.17) is 23.7 Å². The van der Waals surface area contributed by atoms with E-state index in [1.807, 2.05) is 6.07 Å². The summed E-state index contributed by atoms with van der Waals surface area (Å²) in [6, 6.07) is 12.9. The van der Waals surface area contributed by atoms with Gasteiger partial charge in [0.15, 0.2) is 23.0 Å². The number of carbonyl (C=O) groups excluding carboxylic acids is 1. The van der Waals surface area contributed by atoms with Gasteiger partial charge in [0.2, 0.25) is 6.29 Å². The van der Waals surface area contributed by atoms with Crippen LogP contribution in [0.15, 0.2) is 48.6 Å². The molecule has 2 aromatic rings. The molecular weight excluding hydrogens is 506 g/mol. The van der Waals surface area contributed by atoms with Gasteiger partial charge < -0.3 is 23.7 Å². The number of methoxy groups -OCH3 is 3. The van der Waals surface area contributed by atoms with Crippen molar-refractivity contribution in [1.82, 2.24) is 0 Å². The van der Waals surface area contributed by atoms with Crippen LogP contribution in [0.2, 0.25) is 0 Å². The Hall–Kier alpha value is -3.92. The van der Waals surface area contributed by atoms with Crippen molar-refractivity contribution >= 4 is 17.6 Å². The summed E-state index contributed by atoms with van der Waals surface area (Å²) in [6.45, 7) is 7.52. The molecular formula is C33H43NO6. The topological polar surface area (TPSA) is 87.0 Å². The number of rotatable bonds is 18. The minimum absolute atomic E-state index is 0.316. The molecule has 0 saturated heterocycles. The van der Waals surface area contributed by atoms with Crippen molar-refractivity contribution in [3.63, 3.8) is 0 Å². The smallest absolute Gasteiger partial charge is 0.336 e. The summed E-state index contributed by atoms with van der Waals surface area (Å²) in [5.74, 6) is 1.54. The molecule has 0 bridgehead atoms. The molecule has 0 aliphatic rings. The van der Waals surface area contributed by atoms with Gasteiger partial charge in [0, 0.05) is 12.0 Å². The Morgan fingerprint density at radius 1 is 0.875 bits per heavy atom. The summed E-state index contributed by atoms with van der Waals surface area (Å²) < 4.78 is 28.0. The van der Waals surface area contributed by atoms with E-state index < -0.39 is 12.3 Å². The van der Waals surface area contributed by atoms with Crippen LogP contribution in [0.4, 0.5) is 0 Å². The number of benzene rings is 2. The summed E-state index contributed by atoms with van der Waals surface area (Å²) in [6.07, 6.45) is 10.9. The van der Waals surface area contributed by atoms with Crippen molar-refractivity contribution in [2.24, 2.45) is 0 Å². The number of carbonyl (C=O) groups is 1. The number of nitrogens with zero attached hydrogens (tertiary/aromatic N) is 1. The minimum atomic E-state index is -0.763. The fraction of sp³-hybridized carbons (Fsp3) is 0.455. The van der Waals surface area contributed by atoms with Crippen LogP contribution in [0.3, 0.4) is 0 Å². The number of hydrogen-bond acceptors (Lipinski definition) is 7. The largest absolute Gasteiger partial charge is 0.493 e. The van der Waals surface area contributed by atoms with E-state index in [1.54, 1.807) is 64.7 Å². The maximum atomic E-state index is 12.3. The SMILES string of the molecule is C=C(C)C(=O)OC(CCCCCCCCCC)Oc1ccc(C=C(C#N)c2ccc(OC)c(OC)c2)cc1OC. The lowest BCUT2D eigenvalue weighted by atomic mass is 10.0. The Balaban J connectivity index is 2.17. The molecule has 7 nitrogen and oxygen atoms in total. The predicted octanol–water partition coefficient (Wildman–Crippen LogP) is 8.13. The van der Waals surface area contributed by atoms with E-state index in [9.17, 15) is 10.1 Å². The van der Waals surface area contributed by atoms with Crippen LogP contribution in [0.25, 0.3) is 11.6 Å². The van der Waals surface area contributed by atoms with Gasteiger partial charge in [0.05, 0.1) is 33.0 Å². The van der Waals surface area contributed by atoms with Gasteiger partial charge in [-0.2, -0.15) is 5.26 Å². The Kier molecular flexibility index (Phi) is 14.2. The second-order valence-electron chi connectivity index (χ2n) is 9.65. The van der Waals surface area contributed by atoms with Gasteiger partial charge in [-0.05, 0) is 60.9 Å². The van der Waals surface area contributed by atoms with Crippen LogP contribution in [0.5, 0.6) is 23.0 Å². The zero-order valence-electron chi connectivity index (χ0n) is 24.6. The van der Waals surface area contributed by atoms with Crippen LogP contribution in [0.1, 0.15) is 82.8 Å². The molecule has 7 heteroatoms. The highest BCUT2D eigenvalue weighted by Crippen LogP contribution is 2.34. The van der Waals surface area contributed by atoms with Crippen molar-refractivity contribution in [3.8, 4) is 29.1 Å². The first-order valence-corrected chi connectivity index (χ1v) is 13.9. The quantitative estimate of drug-likeness (QED) is 0.0463. The molecule has 1 atom stereocenters. The first-order chi connectivity index (χ1) is 19.4. The molecule has 0 radical (unpaired) electrons. The number of hydrogen-bond donors (Lipinski definition) is 0. The maximum absolute atomic E-state index is 12.3. The molecule has 0 aromatic heterocycles. The first-order valence-electron chi connectivity index (χ1n) is 13.9. The summed E-state index contributed by atoms with van der Waals surface area (Å²) in [5.41, 5.74) is 2.20. The number of ether oxygens (including phenoxy) is 5. The highest BCUT2D eigenvalue weighted by atomic mass is 16.7. The molecule has 0 saturated carbocycles. The van der Waals surface area contributed by atoms with Gasteiger partial charge in [-0.3, -0.25) is 0 Å². The van der Waals surface area contributed by atoms with Gasteiger partial charge in [-0.15, -0.1) is 0 Å². The first kappa shape index (κ1) is 32.3. The van der Waals surface area contributed by atoms with Crippen LogP contribution >= 0.6 is 0 Å². The number of allylic oxidation sites excluding steroid dienone is 1. The van der Waals surface area contributed by atoms with Crippen molar-refractivity contribution in [1.29, 1.82) is 5.26 Å². The average molecular weight is 550 g/mol. The van der Waals surface area contributed by atoms with E-state index in [2.05, 4.69) is 19.6 Å². The molecule has 0 spiro atoms. The molecule has 2 aromatic carbocycles. The molecule has 0 amide bonds. The fourth-order valence-electron chi connectivity index (χ4n) is 4.17. The predicted molar refractivity (Wildman–Crippen MR) is 159 cm³/mol. The summed E-state index contributed by atoms with van der Waals surface area (Å²) in [7, 11) is 4.66. The Morgan fingerprint density at radius 3 is 2.08 bits per heavy atom. The lowest BCUT2D eigenvalue weighted by Crippen LogP contribution is -2.25. The molecule has 0 aliphatic carbocycles. The maximum Gasteiger partial charge on any atom is 0.336 e. The lowest BCUT2D eigenvalue weighted by Gasteiger charge is -2.21. The van der Waals surface area contributed by atoms with E-state index in [0.29, 0.717) is 46.1 Å². The number of esters is 1. The highest BCUT2D eigenvalue weighted by Gasteiger charge is 2.19. The zero-order valence-corrected chi connectivity index (χ0v) is 24.6. The zero-order chi connectivity index (χ0) is 29.3. The van der Waals surface area contributed by atoms with Crippen LogP contribution < -0.4 is 18.9 Å². The fourth-order valence-corrected chi connectivity index (χ4v) is 4.17. The van der Waals surface area contributed by atoms with Crippen LogP contribution in [-0.2, 0) is 9.53 Å². The molecule has 0 fully saturated rings. The summed E-state index contributed by atoms with van der Waals surface area (Å²) >= 11 is 0. The van der Waals surface area contributed by atoms with E-state index >= 15 is 0 Å². The van der Waals surface area contributed by atoms with Crippen molar-refractivity contribution in [2.45, 2.75) is 77.9 Å². The summed E-state index contributed by atoms with van der Waals surface area (Å²) in [4.78, 5) is 12.3. The van der Waals surface area contributed by atoms with Crippen LogP contribution in [0, 0.1) is 11.3 Å². The van der Waals surface area contributed by atoms with E-state index in [1.165, 1.54) is 32.1 Å². The second-order valence-corrected chi connectivity index (χ2v) is 9.65. The van der Waals surface area contributed by atoms with Gasteiger partial charge in [0.25, 0.3) is 0 Å². The van der Waals surface area contributed by atoms with E-state index in [0.717, 1.165) is 24.8 Å². The Bertz CT molecular complexity index is 1180. The average Bonchev–Trinajstić information content (AvgIpc) is 2.97. The second kappa shape index (κ2) is 17.6. The lowest BCUT2D eigenvalue weighted by molar-refractivity contribution is -0.159. The third kappa shape index (κ3) is 10.3. The van der Waals surface area contributed by atoms with Crippen LogP contribution in [-0.4, -0.2) is 33.6 Å². The van der Waals surface area contributed by atoms with Gasteiger partial charge in [-0.1, -0.05) is 64.5 Å². The Labute approximate surface area is 239 Å². The van der Waals surface area contributed by atoms with Crippen molar-refractivity contribution in [3.05, 3.63) is 59.7 Å². The third-order valence-electron chi connectivity index (χ3n) is 6.45. The minimum Gasteiger partial charge on any atom is -0.493 e. The third-order valence-corrected chi connectivity index (χ3v) is 6.45. The molecule has 0 N–H and O–H groups in total. The van der Waals surface area contributed by atoms with Gasteiger partial charge in [-0.25, -0.2) is 4.79 Å². The molecule has 0 heterocycles. The molecule has 1 unspecified atom stereocenters. The van der Waals surface area contributed by atoms with Gasteiger partial charge >= 0.3 is 5.97 Å². The number of unbranched alkanes of at least 4 members (excludes halogenated alkanes) is 7. The molecule has 216 valence electrons. The van der Waals surface area contributed by atoms with Gasteiger partial charge in [0.1, 0.15) is 0 Å². The normalized spacial score (nSPS) is 11.8. The number of nitriles is 1. The molecule has 40 heavy (non-hydrogen) atoms. The Morgan fingerprint density at radius 2 is 1.48 bits per heavy atom. The van der Waals surface area contributed by atoms with E-state index in [-0.39, 0.29) is 0 Å². The van der Waals surface area contributed by atoms with Crippen molar-refractivity contribution < 1.29 is 28.5 Å². The standard InChI is InChI=1S/C33H43NO6/c1-7-8-9-10-11-12-13-14-15-32(40-33(35)24(2)3)39-29-18-16-25(21-30(29)37-5)20-27(23-34)26-17-19-28(36-4)31(22-26)38-6/h16-22,32H,2,7-15H2,1,3-6H3. The summed E-state index contributed by atoms with van der Waals surface area (Å²) in [5, 5.41) is 9.83. The highest BCUT2D eigenvalue weighted by molar-refractivity contribution is 5.90. The molecule has 0 aliphatic heterocycles.